The van der Waals surface area contributed by atoms with Crippen molar-refractivity contribution in [2.24, 2.45) is 0 Å². The molecule has 116 valence electrons. The minimum atomic E-state index is -0.524. The molecule has 0 N–H and O–H groups in total. The predicted octanol–water partition coefficient (Wildman–Crippen LogP) is 4.68. The molecule has 0 aromatic heterocycles. The Bertz CT molecular complexity index is 494. The Morgan fingerprint density at radius 2 is 1.62 bits per heavy atom. The van der Waals surface area contributed by atoms with Crippen LogP contribution in [0.3, 0.4) is 0 Å². The number of rotatable bonds is 7. The summed E-state index contributed by atoms with van der Waals surface area (Å²) in [6, 6.07) is 2.86. The first-order chi connectivity index (χ1) is 9.93. The maximum Gasteiger partial charge on any atom is 0.311 e. The normalized spacial score (nSPS) is 10.3. The molecule has 0 aliphatic heterocycles. The quantitative estimate of drug-likeness (QED) is 0.528. The van der Waals surface area contributed by atoms with Gasteiger partial charge in [0.2, 0.25) is 0 Å². The van der Waals surface area contributed by atoms with Crippen molar-refractivity contribution in [2.75, 3.05) is 6.61 Å². The number of hydrogen-bond acceptors (Lipinski definition) is 4. The van der Waals surface area contributed by atoms with Gasteiger partial charge in [-0.05, 0) is 25.0 Å². The van der Waals surface area contributed by atoms with Gasteiger partial charge < -0.3 is 9.47 Å². The molecule has 0 atom stereocenters. The molecule has 21 heavy (non-hydrogen) atoms. The van der Waals surface area contributed by atoms with Crippen LogP contribution in [0.4, 0.5) is 0 Å². The number of halogens is 3. The van der Waals surface area contributed by atoms with Crippen molar-refractivity contribution in [3.8, 4) is 5.75 Å². The molecule has 0 aliphatic rings. The third-order valence-corrected chi connectivity index (χ3v) is 3.19. The number of esters is 2. The van der Waals surface area contributed by atoms with Crippen molar-refractivity contribution >= 4 is 46.7 Å². The van der Waals surface area contributed by atoms with Gasteiger partial charge in [0.25, 0.3) is 0 Å². The van der Waals surface area contributed by atoms with Gasteiger partial charge in [-0.15, -0.1) is 0 Å². The molecule has 0 fully saturated rings. The standard InChI is InChI=1S/C14H15Cl3O4/c1-2-6-20-12(18)4-3-5-13(19)21-14-10(16)7-9(15)8-11(14)17/h7-8H,2-6H2,1H3. The van der Waals surface area contributed by atoms with Crippen LogP contribution < -0.4 is 4.74 Å². The molecule has 0 saturated carbocycles. The van der Waals surface area contributed by atoms with E-state index in [1.165, 1.54) is 12.1 Å². The summed E-state index contributed by atoms with van der Waals surface area (Å²) in [7, 11) is 0. The SMILES string of the molecule is CCCOC(=O)CCCC(=O)Oc1c(Cl)cc(Cl)cc1Cl. The second-order valence-electron chi connectivity index (χ2n) is 4.25. The van der Waals surface area contributed by atoms with Gasteiger partial charge in [0.05, 0.1) is 16.7 Å². The van der Waals surface area contributed by atoms with Gasteiger partial charge in [-0.25, -0.2) is 0 Å². The first-order valence-electron chi connectivity index (χ1n) is 6.45. The first-order valence-corrected chi connectivity index (χ1v) is 7.58. The third kappa shape index (κ3) is 6.55. The van der Waals surface area contributed by atoms with E-state index in [-0.39, 0.29) is 34.6 Å². The zero-order chi connectivity index (χ0) is 15.8. The lowest BCUT2D eigenvalue weighted by atomic mass is 10.2. The molecule has 0 bridgehead atoms. The molecule has 0 radical (unpaired) electrons. The molecular formula is C14H15Cl3O4. The van der Waals surface area contributed by atoms with E-state index in [2.05, 4.69) is 0 Å². The van der Waals surface area contributed by atoms with E-state index in [1.54, 1.807) is 0 Å². The van der Waals surface area contributed by atoms with Gasteiger partial charge in [-0.3, -0.25) is 9.59 Å². The van der Waals surface area contributed by atoms with Gasteiger partial charge in [-0.2, -0.15) is 0 Å². The Hall–Kier alpha value is -0.970. The topological polar surface area (TPSA) is 52.6 Å². The molecule has 0 amide bonds. The molecule has 1 rings (SSSR count). The van der Waals surface area contributed by atoms with E-state index < -0.39 is 5.97 Å². The number of carbonyl (C=O) groups excluding carboxylic acids is 2. The van der Waals surface area contributed by atoms with Gasteiger partial charge >= 0.3 is 11.9 Å². The van der Waals surface area contributed by atoms with Crippen molar-refractivity contribution in [3.05, 3.63) is 27.2 Å². The summed E-state index contributed by atoms with van der Waals surface area (Å²) < 4.78 is 9.98. The molecule has 0 saturated heterocycles. The summed E-state index contributed by atoms with van der Waals surface area (Å²) in [5.74, 6) is -0.780. The van der Waals surface area contributed by atoms with Gasteiger partial charge in [0.1, 0.15) is 0 Å². The summed E-state index contributed by atoms with van der Waals surface area (Å²) in [6.45, 7) is 2.30. The molecule has 0 aliphatic carbocycles. The van der Waals surface area contributed by atoms with Crippen molar-refractivity contribution in [1.82, 2.24) is 0 Å². The number of hydrogen-bond donors (Lipinski definition) is 0. The Kier molecular flexibility index (Phi) is 7.86. The maximum atomic E-state index is 11.7. The second-order valence-corrected chi connectivity index (χ2v) is 5.50. The average molecular weight is 354 g/mol. The Balaban J connectivity index is 2.43. The van der Waals surface area contributed by atoms with Crippen LogP contribution in [0.25, 0.3) is 0 Å². The monoisotopic (exact) mass is 352 g/mol. The van der Waals surface area contributed by atoms with Crippen molar-refractivity contribution in [3.63, 3.8) is 0 Å². The highest BCUT2D eigenvalue weighted by atomic mass is 35.5. The molecular weight excluding hydrogens is 339 g/mol. The fraction of sp³-hybridized carbons (Fsp3) is 0.429. The Morgan fingerprint density at radius 3 is 2.19 bits per heavy atom. The lowest BCUT2D eigenvalue weighted by molar-refractivity contribution is -0.144. The van der Waals surface area contributed by atoms with Crippen LogP contribution >= 0.6 is 34.8 Å². The zero-order valence-electron chi connectivity index (χ0n) is 11.5. The van der Waals surface area contributed by atoms with Crippen LogP contribution in [0.2, 0.25) is 15.1 Å². The summed E-state index contributed by atoms with van der Waals surface area (Å²) >= 11 is 17.6. The van der Waals surface area contributed by atoms with Gasteiger partial charge in [-0.1, -0.05) is 41.7 Å². The van der Waals surface area contributed by atoms with E-state index in [0.29, 0.717) is 18.1 Å². The van der Waals surface area contributed by atoms with E-state index in [1.807, 2.05) is 6.92 Å². The van der Waals surface area contributed by atoms with E-state index in [9.17, 15) is 9.59 Å². The smallest absolute Gasteiger partial charge is 0.311 e. The minimum absolute atomic E-state index is 0.0660. The molecule has 1 aromatic rings. The molecule has 7 heteroatoms. The Morgan fingerprint density at radius 1 is 1.05 bits per heavy atom. The first kappa shape index (κ1) is 18.1. The van der Waals surface area contributed by atoms with Crippen LogP contribution in [0, 0.1) is 0 Å². The fourth-order valence-electron chi connectivity index (χ4n) is 1.46. The highest BCUT2D eigenvalue weighted by Gasteiger charge is 2.14. The predicted molar refractivity (Wildman–Crippen MR) is 82.2 cm³/mol. The van der Waals surface area contributed by atoms with Gasteiger partial charge in [0.15, 0.2) is 5.75 Å². The summed E-state index contributed by atoms with van der Waals surface area (Å²) in [6.07, 6.45) is 1.33. The van der Waals surface area contributed by atoms with Crippen LogP contribution in [0.5, 0.6) is 5.75 Å². The van der Waals surface area contributed by atoms with E-state index in [4.69, 9.17) is 44.3 Å². The third-order valence-electron chi connectivity index (χ3n) is 2.41. The number of carbonyl (C=O) groups is 2. The van der Waals surface area contributed by atoms with Crippen LogP contribution in [0.15, 0.2) is 12.1 Å². The highest BCUT2D eigenvalue weighted by molar-refractivity contribution is 6.40. The zero-order valence-corrected chi connectivity index (χ0v) is 13.7. The Labute approximate surface area is 138 Å². The molecule has 1 aromatic carbocycles. The molecule has 0 unspecified atom stereocenters. The largest absolute Gasteiger partial charge is 0.466 e. The van der Waals surface area contributed by atoms with Crippen molar-refractivity contribution in [2.45, 2.75) is 32.6 Å². The maximum absolute atomic E-state index is 11.7. The van der Waals surface area contributed by atoms with Crippen LogP contribution in [-0.4, -0.2) is 18.5 Å². The van der Waals surface area contributed by atoms with E-state index in [0.717, 1.165) is 6.42 Å². The summed E-state index contributed by atoms with van der Waals surface area (Å²) in [4.78, 5) is 22.9. The minimum Gasteiger partial charge on any atom is -0.466 e. The summed E-state index contributed by atoms with van der Waals surface area (Å²) in [5.41, 5.74) is 0. The van der Waals surface area contributed by atoms with Crippen LogP contribution in [0.1, 0.15) is 32.6 Å². The average Bonchev–Trinajstić information content (AvgIpc) is 2.40. The molecule has 0 spiro atoms. The van der Waals surface area contributed by atoms with E-state index >= 15 is 0 Å². The summed E-state index contributed by atoms with van der Waals surface area (Å²) in [5, 5.41) is 0.662. The van der Waals surface area contributed by atoms with Crippen LogP contribution in [-0.2, 0) is 14.3 Å². The van der Waals surface area contributed by atoms with Crippen molar-refractivity contribution < 1.29 is 19.1 Å². The fourth-order valence-corrected chi connectivity index (χ4v) is 2.35. The highest BCUT2D eigenvalue weighted by Crippen LogP contribution is 2.36. The lowest BCUT2D eigenvalue weighted by Crippen LogP contribution is -2.11. The number of benzene rings is 1. The molecule has 0 heterocycles. The lowest BCUT2D eigenvalue weighted by Gasteiger charge is -2.08. The number of ether oxygens (including phenoxy) is 2. The van der Waals surface area contributed by atoms with Gasteiger partial charge in [0, 0.05) is 17.9 Å². The van der Waals surface area contributed by atoms with Crippen molar-refractivity contribution in [1.29, 1.82) is 0 Å². The second kappa shape index (κ2) is 9.13. The molecule has 4 nitrogen and oxygen atoms in total.